The summed E-state index contributed by atoms with van der Waals surface area (Å²) in [5, 5.41) is 11.9. The van der Waals surface area contributed by atoms with Gasteiger partial charge in [-0.3, -0.25) is 14.8 Å². The van der Waals surface area contributed by atoms with E-state index in [9.17, 15) is 4.79 Å². The average Bonchev–Trinajstić information content (AvgIpc) is 2.76. The SMILES string of the molecule is COc1cc(NC(=O)Cc2ccc(-c3ccc(CN(C)C#N)nc3)nc2)ncc1Cl. The second kappa shape index (κ2) is 9.67. The number of ether oxygens (including phenoxy) is 1. The maximum atomic E-state index is 12.3. The van der Waals surface area contributed by atoms with Gasteiger partial charge in [-0.15, -0.1) is 0 Å². The number of amides is 1. The van der Waals surface area contributed by atoms with Crippen LogP contribution in [-0.2, 0) is 17.8 Å². The molecule has 152 valence electrons. The van der Waals surface area contributed by atoms with Crippen molar-refractivity contribution < 1.29 is 9.53 Å². The fourth-order valence-corrected chi connectivity index (χ4v) is 2.85. The Bertz CT molecular complexity index is 1060. The first kappa shape index (κ1) is 21.0. The zero-order valence-corrected chi connectivity index (χ0v) is 17.2. The Balaban J connectivity index is 1.61. The van der Waals surface area contributed by atoms with Crippen LogP contribution >= 0.6 is 11.6 Å². The molecule has 0 spiro atoms. The van der Waals surface area contributed by atoms with E-state index in [1.54, 1.807) is 25.5 Å². The lowest BCUT2D eigenvalue weighted by Gasteiger charge is -2.09. The van der Waals surface area contributed by atoms with Crippen molar-refractivity contribution in [2.45, 2.75) is 13.0 Å². The largest absolute Gasteiger partial charge is 0.495 e. The average molecular weight is 423 g/mol. The summed E-state index contributed by atoms with van der Waals surface area (Å²) in [5.74, 6) is 0.569. The van der Waals surface area contributed by atoms with E-state index >= 15 is 0 Å². The van der Waals surface area contributed by atoms with Crippen LogP contribution in [0, 0.1) is 11.5 Å². The quantitative estimate of drug-likeness (QED) is 0.460. The number of anilines is 1. The zero-order chi connectivity index (χ0) is 21.5. The predicted octanol–water partition coefficient (Wildman–Crippen LogP) is 3.29. The van der Waals surface area contributed by atoms with Crippen LogP contribution in [0.1, 0.15) is 11.3 Å². The summed E-state index contributed by atoms with van der Waals surface area (Å²) in [6, 6.07) is 9.01. The van der Waals surface area contributed by atoms with Crippen molar-refractivity contribution in [3.63, 3.8) is 0 Å². The maximum Gasteiger partial charge on any atom is 0.230 e. The minimum Gasteiger partial charge on any atom is -0.495 e. The number of rotatable bonds is 7. The number of pyridine rings is 3. The molecule has 3 aromatic heterocycles. The predicted molar refractivity (Wildman–Crippen MR) is 113 cm³/mol. The molecule has 0 unspecified atom stereocenters. The number of nitrogens with zero attached hydrogens (tertiary/aromatic N) is 5. The molecule has 0 saturated heterocycles. The fraction of sp³-hybridized carbons (Fsp3) is 0.190. The van der Waals surface area contributed by atoms with Crippen molar-refractivity contribution in [1.82, 2.24) is 19.9 Å². The molecule has 0 aromatic carbocycles. The van der Waals surface area contributed by atoms with Crippen LogP contribution in [0.15, 0.2) is 48.9 Å². The molecule has 0 aliphatic heterocycles. The van der Waals surface area contributed by atoms with Gasteiger partial charge in [0.05, 0.1) is 37.7 Å². The number of nitriles is 1. The van der Waals surface area contributed by atoms with Gasteiger partial charge in [0.25, 0.3) is 0 Å². The maximum absolute atomic E-state index is 12.3. The molecule has 0 aliphatic carbocycles. The number of hydrogen-bond donors (Lipinski definition) is 1. The third-order valence-corrected chi connectivity index (χ3v) is 4.47. The van der Waals surface area contributed by atoms with Crippen LogP contribution in [0.4, 0.5) is 5.82 Å². The molecule has 1 N–H and O–H groups in total. The summed E-state index contributed by atoms with van der Waals surface area (Å²) in [4.78, 5) is 26.6. The second-order valence-corrected chi connectivity index (χ2v) is 6.88. The first-order chi connectivity index (χ1) is 14.5. The summed E-state index contributed by atoms with van der Waals surface area (Å²) in [6.07, 6.45) is 6.98. The van der Waals surface area contributed by atoms with E-state index in [2.05, 4.69) is 20.3 Å². The van der Waals surface area contributed by atoms with Gasteiger partial charge in [-0.05, 0) is 23.8 Å². The smallest absolute Gasteiger partial charge is 0.230 e. The lowest BCUT2D eigenvalue weighted by molar-refractivity contribution is -0.115. The molecule has 0 fully saturated rings. The Morgan fingerprint density at radius 3 is 2.67 bits per heavy atom. The van der Waals surface area contributed by atoms with Crippen molar-refractivity contribution >= 4 is 23.3 Å². The highest BCUT2D eigenvalue weighted by Crippen LogP contribution is 2.25. The van der Waals surface area contributed by atoms with E-state index in [4.69, 9.17) is 21.6 Å². The van der Waals surface area contributed by atoms with E-state index in [1.807, 2.05) is 30.5 Å². The van der Waals surface area contributed by atoms with Gasteiger partial charge in [0.1, 0.15) is 16.6 Å². The second-order valence-electron chi connectivity index (χ2n) is 6.48. The number of hydrogen-bond acceptors (Lipinski definition) is 7. The Morgan fingerprint density at radius 2 is 2.03 bits per heavy atom. The van der Waals surface area contributed by atoms with Crippen molar-refractivity contribution in [3.05, 3.63) is 65.2 Å². The summed E-state index contributed by atoms with van der Waals surface area (Å²) < 4.78 is 5.12. The molecule has 8 nitrogen and oxygen atoms in total. The van der Waals surface area contributed by atoms with Gasteiger partial charge in [-0.25, -0.2) is 4.98 Å². The molecule has 0 saturated carbocycles. The molecule has 0 aliphatic rings. The van der Waals surface area contributed by atoms with Gasteiger partial charge >= 0.3 is 0 Å². The summed E-state index contributed by atoms with van der Waals surface area (Å²) in [6.45, 7) is 0.451. The number of carbonyl (C=O) groups excluding carboxylic acids is 1. The number of nitrogens with one attached hydrogen (secondary N) is 1. The van der Waals surface area contributed by atoms with E-state index in [0.717, 1.165) is 22.5 Å². The molecular weight excluding hydrogens is 404 g/mol. The summed E-state index contributed by atoms with van der Waals surface area (Å²) in [7, 11) is 3.19. The van der Waals surface area contributed by atoms with Gasteiger partial charge < -0.3 is 15.0 Å². The van der Waals surface area contributed by atoms with Crippen LogP contribution in [-0.4, -0.2) is 39.9 Å². The van der Waals surface area contributed by atoms with Crippen molar-refractivity contribution in [2.24, 2.45) is 0 Å². The lowest BCUT2D eigenvalue weighted by Crippen LogP contribution is -2.15. The Kier molecular flexibility index (Phi) is 6.78. The Hall–Kier alpha value is -3.70. The Labute approximate surface area is 179 Å². The van der Waals surface area contributed by atoms with Gasteiger partial charge in [0.15, 0.2) is 6.19 Å². The topological polar surface area (TPSA) is 104 Å². The molecule has 0 atom stereocenters. The van der Waals surface area contributed by atoms with Crippen LogP contribution in [0.5, 0.6) is 5.75 Å². The molecule has 3 aromatic rings. The van der Waals surface area contributed by atoms with E-state index in [0.29, 0.717) is 23.1 Å². The van der Waals surface area contributed by atoms with Crippen LogP contribution in [0.3, 0.4) is 0 Å². The highest BCUT2D eigenvalue weighted by molar-refractivity contribution is 6.32. The molecule has 3 heterocycles. The summed E-state index contributed by atoms with van der Waals surface area (Å²) >= 11 is 5.94. The fourth-order valence-electron chi connectivity index (χ4n) is 2.67. The van der Waals surface area contributed by atoms with Crippen molar-refractivity contribution in [2.75, 3.05) is 19.5 Å². The molecular formula is C21H19ClN6O2. The molecule has 3 rings (SSSR count). The monoisotopic (exact) mass is 422 g/mol. The number of methoxy groups -OCH3 is 1. The van der Waals surface area contributed by atoms with Crippen LogP contribution in [0.2, 0.25) is 5.02 Å². The molecule has 9 heteroatoms. The van der Waals surface area contributed by atoms with Crippen LogP contribution in [0.25, 0.3) is 11.3 Å². The number of halogens is 1. The van der Waals surface area contributed by atoms with E-state index in [1.165, 1.54) is 18.2 Å². The van der Waals surface area contributed by atoms with Crippen LogP contribution < -0.4 is 10.1 Å². The van der Waals surface area contributed by atoms with Crippen molar-refractivity contribution in [3.8, 4) is 23.2 Å². The lowest BCUT2D eigenvalue weighted by atomic mass is 10.1. The minimum absolute atomic E-state index is 0.150. The van der Waals surface area contributed by atoms with E-state index in [-0.39, 0.29) is 12.3 Å². The van der Waals surface area contributed by atoms with E-state index < -0.39 is 0 Å². The molecule has 0 bridgehead atoms. The minimum atomic E-state index is -0.228. The van der Waals surface area contributed by atoms with Gasteiger partial charge in [-0.2, -0.15) is 5.26 Å². The first-order valence-corrected chi connectivity index (χ1v) is 9.36. The number of carbonyl (C=O) groups is 1. The number of aromatic nitrogens is 3. The highest BCUT2D eigenvalue weighted by Gasteiger charge is 2.09. The Morgan fingerprint density at radius 1 is 1.20 bits per heavy atom. The summed E-state index contributed by atoms with van der Waals surface area (Å²) in [5.41, 5.74) is 3.16. The molecule has 0 radical (unpaired) electrons. The van der Waals surface area contributed by atoms with Gasteiger partial charge in [0.2, 0.25) is 5.91 Å². The third kappa shape index (κ3) is 5.43. The van der Waals surface area contributed by atoms with Crippen molar-refractivity contribution in [1.29, 1.82) is 5.26 Å². The normalized spacial score (nSPS) is 10.2. The molecule has 30 heavy (non-hydrogen) atoms. The first-order valence-electron chi connectivity index (χ1n) is 8.99. The van der Waals surface area contributed by atoms with Gasteiger partial charge in [0, 0.05) is 31.1 Å². The standard InChI is InChI=1S/C21H19ClN6O2/c1-28(13-23)12-16-5-4-15(10-24-16)18-6-3-14(9-25-18)7-21(29)27-20-8-19(30-2)17(22)11-26-20/h3-6,8-11H,7,12H2,1-2H3,(H,26,27,29). The highest BCUT2D eigenvalue weighted by atomic mass is 35.5. The zero-order valence-electron chi connectivity index (χ0n) is 16.5. The van der Waals surface area contributed by atoms with Gasteiger partial charge in [-0.1, -0.05) is 17.7 Å². The molecule has 1 amide bonds. The third-order valence-electron chi connectivity index (χ3n) is 4.19.